The molecule has 3 rings (SSSR count). The molecule has 1 aromatic carbocycles. The summed E-state index contributed by atoms with van der Waals surface area (Å²) in [5.74, 6) is 1.46. The van der Waals surface area contributed by atoms with Crippen LogP contribution in [0.4, 0.5) is 5.69 Å². The summed E-state index contributed by atoms with van der Waals surface area (Å²) >= 11 is 6.47. The molecule has 2 heterocycles. The molecule has 5 nitrogen and oxygen atoms in total. The molecule has 0 saturated heterocycles. The average molecular weight is 293 g/mol. The van der Waals surface area contributed by atoms with Crippen molar-refractivity contribution in [2.75, 3.05) is 5.32 Å². The lowest BCUT2D eigenvalue weighted by molar-refractivity contribution is 0.340. The predicted octanol–water partition coefficient (Wildman–Crippen LogP) is 2.45. The molecule has 0 bridgehead atoms. The lowest BCUT2D eigenvalue weighted by Gasteiger charge is -2.10. The highest BCUT2D eigenvalue weighted by Gasteiger charge is 2.21. The summed E-state index contributed by atoms with van der Waals surface area (Å²) in [5, 5.41) is 3.25. The number of aromatic amines is 2. The molecule has 0 unspecified atom stereocenters. The van der Waals surface area contributed by atoms with E-state index in [2.05, 4.69) is 15.3 Å². The Kier molecular flexibility index (Phi) is 3.31. The van der Waals surface area contributed by atoms with E-state index >= 15 is 0 Å². The van der Waals surface area contributed by atoms with Gasteiger partial charge in [0.15, 0.2) is 4.77 Å². The maximum atomic E-state index is 11.3. The standard InChI is InChI=1S/C12H11N3O2S2/c16-10-5-7(13-11(18)15-10)6-19-12-14-8-3-1-2-4-9(8)17-12/h1-5,12,14H,6H2,(H2,13,15,16,18)/t12-/m1/s1. The number of nitrogens with one attached hydrogen (secondary N) is 3. The predicted molar refractivity (Wildman–Crippen MR) is 78.0 cm³/mol. The number of thioether (sulfide) groups is 1. The highest BCUT2D eigenvalue weighted by atomic mass is 32.2. The van der Waals surface area contributed by atoms with Crippen molar-refractivity contribution in [1.82, 2.24) is 9.97 Å². The Labute approximate surface area is 118 Å². The summed E-state index contributed by atoms with van der Waals surface area (Å²) < 4.78 is 6.05. The third-order valence-electron chi connectivity index (χ3n) is 2.60. The van der Waals surface area contributed by atoms with Gasteiger partial charge in [0.2, 0.25) is 5.56 Å². The Morgan fingerprint density at radius 2 is 2.16 bits per heavy atom. The van der Waals surface area contributed by atoms with Gasteiger partial charge in [0, 0.05) is 17.5 Å². The second-order valence-electron chi connectivity index (χ2n) is 4.01. The molecule has 98 valence electrons. The first-order valence-electron chi connectivity index (χ1n) is 5.67. The van der Waals surface area contributed by atoms with Gasteiger partial charge in [0.05, 0.1) is 5.69 Å². The van der Waals surface area contributed by atoms with Gasteiger partial charge in [-0.3, -0.25) is 9.78 Å². The van der Waals surface area contributed by atoms with Crippen LogP contribution in [0.5, 0.6) is 5.75 Å². The van der Waals surface area contributed by atoms with Gasteiger partial charge in [0.25, 0.3) is 5.56 Å². The van der Waals surface area contributed by atoms with Gasteiger partial charge in [-0.05, 0) is 24.4 Å². The van der Waals surface area contributed by atoms with Crippen LogP contribution >= 0.6 is 24.0 Å². The summed E-state index contributed by atoms with van der Waals surface area (Å²) in [6, 6.07) is 9.28. The average Bonchev–Trinajstić information content (AvgIpc) is 2.78. The molecule has 0 aliphatic carbocycles. The SMILES string of the molecule is O=c1cc(CS[C@@H]2Nc3ccccc3O2)[nH]c(=S)[nH]1. The van der Waals surface area contributed by atoms with Gasteiger partial charge < -0.3 is 15.0 Å². The molecule has 0 amide bonds. The normalized spacial score (nSPS) is 16.5. The molecule has 0 radical (unpaired) electrons. The summed E-state index contributed by atoms with van der Waals surface area (Å²) in [6.07, 6.45) is 0. The van der Waals surface area contributed by atoms with E-state index in [4.69, 9.17) is 17.0 Å². The zero-order chi connectivity index (χ0) is 13.2. The molecular weight excluding hydrogens is 282 g/mol. The zero-order valence-corrected chi connectivity index (χ0v) is 11.4. The lowest BCUT2D eigenvalue weighted by atomic mass is 10.3. The number of rotatable bonds is 3. The van der Waals surface area contributed by atoms with E-state index in [-0.39, 0.29) is 11.1 Å². The lowest BCUT2D eigenvalue weighted by Crippen LogP contribution is -2.16. The monoisotopic (exact) mass is 293 g/mol. The van der Waals surface area contributed by atoms with Gasteiger partial charge in [-0.2, -0.15) is 0 Å². The fraction of sp³-hybridized carbons (Fsp3) is 0.167. The summed E-state index contributed by atoms with van der Waals surface area (Å²) in [6.45, 7) is 0. The van der Waals surface area contributed by atoms with Gasteiger partial charge in [-0.15, -0.1) is 0 Å². The number of para-hydroxylation sites is 2. The van der Waals surface area contributed by atoms with E-state index in [0.717, 1.165) is 17.1 Å². The largest absolute Gasteiger partial charge is 0.459 e. The van der Waals surface area contributed by atoms with Crippen molar-refractivity contribution < 1.29 is 4.74 Å². The maximum absolute atomic E-state index is 11.3. The highest BCUT2D eigenvalue weighted by Crippen LogP contribution is 2.35. The molecule has 0 saturated carbocycles. The number of hydrogen-bond donors (Lipinski definition) is 3. The van der Waals surface area contributed by atoms with E-state index in [9.17, 15) is 4.79 Å². The molecule has 19 heavy (non-hydrogen) atoms. The smallest absolute Gasteiger partial charge is 0.251 e. The van der Waals surface area contributed by atoms with Crippen LogP contribution in [0.1, 0.15) is 5.69 Å². The van der Waals surface area contributed by atoms with Gasteiger partial charge >= 0.3 is 0 Å². The minimum Gasteiger partial charge on any atom is -0.459 e. The van der Waals surface area contributed by atoms with Crippen LogP contribution in [-0.2, 0) is 5.75 Å². The number of H-pyrrole nitrogens is 2. The molecule has 1 aliphatic rings. The minimum absolute atomic E-state index is 0.154. The van der Waals surface area contributed by atoms with E-state index in [1.54, 1.807) is 11.8 Å². The van der Waals surface area contributed by atoms with Gasteiger partial charge in [-0.25, -0.2) is 0 Å². The number of anilines is 1. The van der Waals surface area contributed by atoms with Crippen LogP contribution in [0.3, 0.4) is 0 Å². The molecule has 1 aliphatic heterocycles. The van der Waals surface area contributed by atoms with E-state index in [1.165, 1.54) is 6.07 Å². The first-order valence-corrected chi connectivity index (χ1v) is 7.13. The molecule has 7 heteroatoms. The summed E-state index contributed by atoms with van der Waals surface area (Å²) in [4.78, 5) is 16.7. The van der Waals surface area contributed by atoms with Crippen molar-refractivity contribution >= 4 is 29.7 Å². The number of ether oxygens (including phenoxy) is 1. The number of aromatic nitrogens is 2. The van der Waals surface area contributed by atoms with Crippen LogP contribution in [-0.4, -0.2) is 15.5 Å². The Balaban J connectivity index is 1.66. The quantitative estimate of drug-likeness (QED) is 0.758. The van der Waals surface area contributed by atoms with E-state index < -0.39 is 0 Å². The Hall–Kier alpha value is -1.73. The third kappa shape index (κ3) is 2.82. The molecule has 3 N–H and O–H groups in total. The van der Waals surface area contributed by atoms with Crippen molar-refractivity contribution in [1.29, 1.82) is 0 Å². The Bertz CT molecular complexity index is 657. The summed E-state index contributed by atoms with van der Waals surface area (Å²) in [7, 11) is 0. The second kappa shape index (κ2) is 5.10. The maximum Gasteiger partial charge on any atom is 0.251 e. The van der Waals surface area contributed by atoms with Crippen LogP contribution < -0.4 is 15.6 Å². The van der Waals surface area contributed by atoms with Crippen LogP contribution in [0.25, 0.3) is 0 Å². The fourth-order valence-corrected chi connectivity index (χ4v) is 2.90. The van der Waals surface area contributed by atoms with Crippen molar-refractivity contribution in [3.05, 3.63) is 51.2 Å². The van der Waals surface area contributed by atoms with E-state index in [1.807, 2.05) is 24.3 Å². The molecule has 1 atom stereocenters. The first kappa shape index (κ1) is 12.3. The molecule has 2 aromatic rings. The van der Waals surface area contributed by atoms with Crippen LogP contribution in [0.2, 0.25) is 0 Å². The number of fused-ring (bicyclic) bond motifs is 1. The Morgan fingerprint density at radius 1 is 1.32 bits per heavy atom. The zero-order valence-electron chi connectivity index (χ0n) is 9.80. The number of benzene rings is 1. The van der Waals surface area contributed by atoms with Crippen LogP contribution in [0.15, 0.2) is 35.1 Å². The van der Waals surface area contributed by atoms with Gasteiger partial charge in [-0.1, -0.05) is 23.9 Å². The topological polar surface area (TPSA) is 69.9 Å². The summed E-state index contributed by atoms with van der Waals surface area (Å²) in [5.41, 5.74) is 1.42. The van der Waals surface area contributed by atoms with Crippen molar-refractivity contribution in [3.63, 3.8) is 0 Å². The fourth-order valence-electron chi connectivity index (χ4n) is 1.80. The molecule has 0 fully saturated rings. The molecule has 0 spiro atoms. The number of hydrogen-bond acceptors (Lipinski definition) is 5. The van der Waals surface area contributed by atoms with Crippen LogP contribution in [0, 0.1) is 4.77 Å². The van der Waals surface area contributed by atoms with Crippen molar-refractivity contribution in [2.45, 2.75) is 11.3 Å². The third-order valence-corrected chi connectivity index (χ3v) is 3.80. The molecular formula is C12H11N3O2S2. The van der Waals surface area contributed by atoms with Gasteiger partial charge in [0.1, 0.15) is 5.75 Å². The minimum atomic E-state index is -0.192. The van der Waals surface area contributed by atoms with E-state index in [0.29, 0.717) is 10.5 Å². The Morgan fingerprint density at radius 3 is 2.95 bits per heavy atom. The second-order valence-corrected chi connectivity index (χ2v) is 5.47. The molecule has 1 aromatic heterocycles. The van der Waals surface area contributed by atoms with Crippen molar-refractivity contribution in [2.24, 2.45) is 0 Å². The first-order chi connectivity index (χ1) is 9.20. The highest BCUT2D eigenvalue weighted by molar-refractivity contribution is 7.99. The van der Waals surface area contributed by atoms with Crippen molar-refractivity contribution in [3.8, 4) is 5.75 Å².